The zero-order chi connectivity index (χ0) is 11.1. The molecule has 0 N–H and O–H groups in total. The van der Waals surface area contributed by atoms with E-state index in [1.807, 2.05) is 37.3 Å². The lowest BCUT2D eigenvalue weighted by atomic mass is 10.2. The van der Waals surface area contributed by atoms with E-state index >= 15 is 0 Å². The highest BCUT2D eigenvalue weighted by molar-refractivity contribution is 5.67. The van der Waals surface area contributed by atoms with Gasteiger partial charge in [-0.3, -0.25) is 0 Å². The summed E-state index contributed by atoms with van der Waals surface area (Å²) < 4.78 is 5.01. The van der Waals surface area contributed by atoms with Crippen LogP contribution < -0.4 is 0 Å². The second-order valence-corrected chi connectivity index (χ2v) is 3.46. The van der Waals surface area contributed by atoms with E-state index < -0.39 is 0 Å². The summed E-state index contributed by atoms with van der Waals surface area (Å²) in [6, 6.07) is 9.85. The molecule has 1 amide bonds. The zero-order valence-electron chi connectivity index (χ0n) is 9.27. The first-order valence-corrected chi connectivity index (χ1v) is 5.16. The topological polar surface area (TPSA) is 29.5 Å². The van der Waals surface area contributed by atoms with Crippen LogP contribution in [0.3, 0.4) is 0 Å². The maximum absolute atomic E-state index is 11.4. The summed E-state index contributed by atoms with van der Waals surface area (Å²) in [4.78, 5) is 13.0. The van der Waals surface area contributed by atoms with E-state index in [2.05, 4.69) is 0 Å². The summed E-state index contributed by atoms with van der Waals surface area (Å²) in [5.41, 5.74) is 1.11. The number of carbonyl (C=O) groups excluding carboxylic acids is 1. The Morgan fingerprint density at radius 2 is 2.00 bits per heavy atom. The second kappa shape index (κ2) is 6.06. The third-order valence-corrected chi connectivity index (χ3v) is 2.00. The summed E-state index contributed by atoms with van der Waals surface area (Å²) in [6.07, 6.45) is 0.589. The second-order valence-electron chi connectivity index (χ2n) is 3.46. The monoisotopic (exact) mass is 207 g/mol. The Hall–Kier alpha value is -1.51. The largest absolute Gasteiger partial charge is 0.449 e. The molecule has 0 saturated carbocycles. The standard InChI is InChI=1S/C12H17NO2/c1-3-9-15-12(14)13(2)10-11-7-5-4-6-8-11/h4-8H,3,9-10H2,1-2H3. The molecule has 0 aliphatic rings. The lowest BCUT2D eigenvalue weighted by Crippen LogP contribution is -2.27. The molecule has 0 atom stereocenters. The Morgan fingerprint density at radius 1 is 1.33 bits per heavy atom. The van der Waals surface area contributed by atoms with Crippen molar-refractivity contribution in [3.8, 4) is 0 Å². The highest BCUT2D eigenvalue weighted by atomic mass is 16.6. The first kappa shape index (κ1) is 11.6. The molecule has 0 spiro atoms. The summed E-state index contributed by atoms with van der Waals surface area (Å²) in [7, 11) is 1.74. The van der Waals surface area contributed by atoms with Crippen LogP contribution in [-0.4, -0.2) is 24.6 Å². The molecule has 1 rings (SSSR count). The van der Waals surface area contributed by atoms with Crippen LogP contribution in [0.25, 0.3) is 0 Å². The molecular formula is C12H17NO2. The summed E-state index contributed by atoms with van der Waals surface area (Å²) in [5, 5.41) is 0. The number of hydrogen-bond donors (Lipinski definition) is 0. The van der Waals surface area contributed by atoms with Crippen LogP contribution >= 0.6 is 0 Å². The van der Waals surface area contributed by atoms with Crippen molar-refractivity contribution in [2.45, 2.75) is 19.9 Å². The van der Waals surface area contributed by atoms with Gasteiger partial charge in [0, 0.05) is 13.6 Å². The molecule has 0 bridgehead atoms. The molecule has 1 aromatic carbocycles. The van der Waals surface area contributed by atoms with Gasteiger partial charge in [-0.1, -0.05) is 37.3 Å². The number of amides is 1. The lowest BCUT2D eigenvalue weighted by Gasteiger charge is -2.16. The number of rotatable bonds is 4. The van der Waals surface area contributed by atoms with Crippen LogP contribution in [0.1, 0.15) is 18.9 Å². The fourth-order valence-electron chi connectivity index (χ4n) is 1.22. The smallest absolute Gasteiger partial charge is 0.409 e. The normalized spacial score (nSPS) is 9.73. The Balaban J connectivity index is 2.41. The molecule has 0 aliphatic carbocycles. The van der Waals surface area contributed by atoms with Crippen LogP contribution in [-0.2, 0) is 11.3 Å². The van der Waals surface area contributed by atoms with E-state index in [9.17, 15) is 4.79 Å². The zero-order valence-corrected chi connectivity index (χ0v) is 9.27. The molecule has 0 aromatic heterocycles. The molecule has 0 radical (unpaired) electrons. The van der Waals surface area contributed by atoms with E-state index in [-0.39, 0.29) is 6.09 Å². The van der Waals surface area contributed by atoms with Gasteiger partial charge in [-0.05, 0) is 12.0 Å². The highest BCUT2D eigenvalue weighted by Crippen LogP contribution is 2.03. The van der Waals surface area contributed by atoms with Gasteiger partial charge in [0.25, 0.3) is 0 Å². The Labute approximate surface area is 90.7 Å². The van der Waals surface area contributed by atoms with Crippen LogP contribution in [0, 0.1) is 0 Å². The first-order chi connectivity index (χ1) is 7.24. The third-order valence-electron chi connectivity index (χ3n) is 2.00. The van der Waals surface area contributed by atoms with Crippen molar-refractivity contribution in [1.82, 2.24) is 4.90 Å². The quantitative estimate of drug-likeness (QED) is 0.759. The first-order valence-electron chi connectivity index (χ1n) is 5.16. The molecule has 3 heteroatoms. The van der Waals surface area contributed by atoms with Crippen molar-refractivity contribution in [1.29, 1.82) is 0 Å². The number of benzene rings is 1. The molecular weight excluding hydrogens is 190 g/mol. The van der Waals surface area contributed by atoms with E-state index in [4.69, 9.17) is 4.74 Å². The van der Waals surface area contributed by atoms with Crippen LogP contribution in [0.5, 0.6) is 0 Å². The van der Waals surface area contributed by atoms with E-state index in [0.29, 0.717) is 13.2 Å². The van der Waals surface area contributed by atoms with Gasteiger partial charge >= 0.3 is 6.09 Å². The van der Waals surface area contributed by atoms with Gasteiger partial charge in [-0.15, -0.1) is 0 Å². The van der Waals surface area contributed by atoms with Crippen molar-refractivity contribution >= 4 is 6.09 Å². The Morgan fingerprint density at radius 3 is 2.60 bits per heavy atom. The fourth-order valence-corrected chi connectivity index (χ4v) is 1.22. The minimum Gasteiger partial charge on any atom is -0.449 e. The van der Waals surface area contributed by atoms with Crippen molar-refractivity contribution < 1.29 is 9.53 Å². The van der Waals surface area contributed by atoms with Crippen molar-refractivity contribution in [2.24, 2.45) is 0 Å². The van der Waals surface area contributed by atoms with Gasteiger partial charge in [0.2, 0.25) is 0 Å². The molecule has 0 saturated heterocycles. The average Bonchev–Trinajstić information content (AvgIpc) is 2.27. The van der Waals surface area contributed by atoms with Gasteiger partial charge in [0.1, 0.15) is 0 Å². The summed E-state index contributed by atoms with van der Waals surface area (Å²) in [5.74, 6) is 0. The lowest BCUT2D eigenvalue weighted by molar-refractivity contribution is 0.109. The number of ether oxygens (including phenoxy) is 1. The fraction of sp³-hybridized carbons (Fsp3) is 0.417. The van der Waals surface area contributed by atoms with Crippen LogP contribution in [0.2, 0.25) is 0 Å². The van der Waals surface area contributed by atoms with Crippen molar-refractivity contribution in [2.75, 3.05) is 13.7 Å². The summed E-state index contributed by atoms with van der Waals surface area (Å²) in [6.45, 7) is 3.05. The molecule has 82 valence electrons. The van der Waals surface area contributed by atoms with Crippen molar-refractivity contribution in [3.63, 3.8) is 0 Å². The van der Waals surface area contributed by atoms with Gasteiger partial charge in [-0.25, -0.2) is 4.79 Å². The van der Waals surface area contributed by atoms with Gasteiger partial charge in [0.15, 0.2) is 0 Å². The summed E-state index contributed by atoms with van der Waals surface area (Å²) >= 11 is 0. The molecule has 3 nitrogen and oxygen atoms in total. The Kier molecular flexibility index (Phi) is 4.68. The van der Waals surface area contributed by atoms with Crippen LogP contribution in [0.15, 0.2) is 30.3 Å². The molecule has 0 unspecified atom stereocenters. The average molecular weight is 207 g/mol. The Bertz CT molecular complexity index is 298. The van der Waals surface area contributed by atoms with Gasteiger partial charge in [0.05, 0.1) is 6.61 Å². The van der Waals surface area contributed by atoms with E-state index in [0.717, 1.165) is 12.0 Å². The van der Waals surface area contributed by atoms with Gasteiger partial charge < -0.3 is 9.64 Å². The molecule has 15 heavy (non-hydrogen) atoms. The number of hydrogen-bond acceptors (Lipinski definition) is 2. The predicted molar refractivity (Wildman–Crippen MR) is 59.5 cm³/mol. The minimum atomic E-state index is -0.263. The van der Waals surface area contributed by atoms with Gasteiger partial charge in [-0.2, -0.15) is 0 Å². The van der Waals surface area contributed by atoms with Crippen LogP contribution in [0.4, 0.5) is 4.79 Å². The molecule has 1 aromatic rings. The molecule has 0 fully saturated rings. The number of nitrogens with zero attached hydrogens (tertiary/aromatic N) is 1. The van der Waals surface area contributed by atoms with E-state index in [1.54, 1.807) is 11.9 Å². The predicted octanol–water partition coefficient (Wildman–Crippen LogP) is 2.67. The molecule has 0 heterocycles. The maximum atomic E-state index is 11.4. The van der Waals surface area contributed by atoms with Crippen molar-refractivity contribution in [3.05, 3.63) is 35.9 Å². The highest BCUT2D eigenvalue weighted by Gasteiger charge is 2.09. The minimum absolute atomic E-state index is 0.263. The molecule has 0 aliphatic heterocycles. The third kappa shape index (κ3) is 4.02. The SMILES string of the molecule is CCCOC(=O)N(C)Cc1ccccc1. The van der Waals surface area contributed by atoms with E-state index in [1.165, 1.54) is 0 Å². The maximum Gasteiger partial charge on any atom is 0.409 e. The number of carbonyl (C=O) groups is 1.